The standard InChI is InChI=1S/C11H12N4S2/c1-3-13-11-15-7-5-8-6(4-9(7)17-11)14-10(12-2)16-8/h4-5H,3H2,1-2H3,(H,12,14)(H,13,15). The highest BCUT2D eigenvalue weighted by Crippen LogP contribution is 2.33. The number of fused-ring (bicyclic) bond motifs is 2. The van der Waals surface area contributed by atoms with Gasteiger partial charge in [0.2, 0.25) is 0 Å². The maximum Gasteiger partial charge on any atom is 0.183 e. The molecule has 0 bridgehead atoms. The Morgan fingerprint density at radius 3 is 2.24 bits per heavy atom. The lowest BCUT2D eigenvalue weighted by molar-refractivity contribution is 1.20. The Balaban J connectivity index is 2.17. The Kier molecular flexibility index (Phi) is 2.60. The van der Waals surface area contributed by atoms with Crippen LogP contribution in [0.25, 0.3) is 20.4 Å². The van der Waals surface area contributed by atoms with Crippen molar-refractivity contribution in [1.82, 2.24) is 9.97 Å². The number of aromatic nitrogens is 2. The second-order valence-corrected chi connectivity index (χ2v) is 5.67. The molecule has 0 saturated carbocycles. The summed E-state index contributed by atoms with van der Waals surface area (Å²) in [7, 11) is 1.89. The lowest BCUT2D eigenvalue weighted by atomic mass is 10.3. The minimum Gasteiger partial charge on any atom is -0.365 e. The SMILES string of the molecule is CCNc1nc2cc3sc(NC)nc3cc2s1. The number of benzene rings is 1. The van der Waals surface area contributed by atoms with Crippen molar-refractivity contribution in [3.63, 3.8) is 0 Å². The highest BCUT2D eigenvalue weighted by atomic mass is 32.1. The summed E-state index contributed by atoms with van der Waals surface area (Å²) in [6.07, 6.45) is 0. The third-order valence-electron chi connectivity index (χ3n) is 2.44. The van der Waals surface area contributed by atoms with Crippen LogP contribution in [-0.4, -0.2) is 23.6 Å². The van der Waals surface area contributed by atoms with E-state index in [2.05, 4.69) is 39.7 Å². The fourth-order valence-corrected chi connectivity index (χ4v) is 3.47. The van der Waals surface area contributed by atoms with Crippen LogP contribution >= 0.6 is 22.7 Å². The quantitative estimate of drug-likeness (QED) is 0.761. The first-order chi connectivity index (χ1) is 8.30. The van der Waals surface area contributed by atoms with Crippen molar-refractivity contribution in [3.8, 4) is 0 Å². The number of rotatable bonds is 3. The van der Waals surface area contributed by atoms with Crippen LogP contribution in [0.5, 0.6) is 0 Å². The maximum atomic E-state index is 4.55. The van der Waals surface area contributed by atoms with Gasteiger partial charge in [-0.1, -0.05) is 22.7 Å². The topological polar surface area (TPSA) is 49.8 Å². The Hall–Kier alpha value is -1.40. The smallest absolute Gasteiger partial charge is 0.183 e. The van der Waals surface area contributed by atoms with Crippen molar-refractivity contribution in [3.05, 3.63) is 12.1 Å². The van der Waals surface area contributed by atoms with Crippen LogP contribution in [0, 0.1) is 0 Å². The molecule has 6 heteroatoms. The summed E-state index contributed by atoms with van der Waals surface area (Å²) in [5.41, 5.74) is 2.09. The van der Waals surface area contributed by atoms with Gasteiger partial charge in [0, 0.05) is 13.6 Å². The lowest BCUT2D eigenvalue weighted by Crippen LogP contribution is -1.94. The van der Waals surface area contributed by atoms with E-state index in [-0.39, 0.29) is 0 Å². The molecule has 0 radical (unpaired) electrons. The zero-order valence-corrected chi connectivity index (χ0v) is 11.2. The molecule has 0 spiro atoms. The van der Waals surface area contributed by atoms with Gasteiger partial charge in [-0.15, -0.1) is 0 Å². The van der Waals surface area contributed by atoms with E-state index in [1.54, 1.807) is 22.7 Å². The Morgan fingerprint density at radius 2 is 1.65 bits per heavy atom. The summed E-state index contributed by atoms with van der Waals surface area (Å²) in [4.78, 5) is 9.06. The van der Waals surface area contributed by atoms with Crippen LogP contribution in [0.3, 0.4) is 0 Å². The molecule has 3 aromatic rings. The van der Waals surface area contributed by atoms with E-state index in [9.17, 15) is 0 Å². The second-order valence-electron chi connectivity index (χ2n) is 3.61. The molecule has 0 atom stereocenters. The fraction of sp³-hybridized carbons (Fsp3) is 0.273. The highest BCUT2D eigenvalue weighted by molar-refractivity contribution is 7.23. The molecule has 2 N–H and O–H groups in total. The summed E-state index contributed by atoms with van der Waals surface area (Å²) >= 11 is 3.33. The Labute approximate surface area is 107 Å². The zero-order valence-electron chi connectivity index (χ0n) is 9.57. The van der Waals surface area contributed by atoms with Gasteiger partial charge >= 0.3 is 0 Å². The van der Waals surface area contributed by atoms with E-state index in [1.165, 1.54) is 9.40 Å². The van der Waals surface area contributed by atoms with Gasteiger partial charge in [0.1, 0.15) is 0 Å². The monoisotopic (exact) mass is 264 g/mol. The fourth-order valence-electron chi connectivity index (χ4n) is 1.68. The molecule has 2 heterocycles. The van der Waals surface area contributed by atoms with Crippen molar-refractivity contribution in [2.75, 3.05) is 24.2 Å². The van der Waals surface area contributed by atoms with Crippen LogP contribution in [0.15, 0.2) is 12.1 Å². The predicted molar refractivity (Wildman–Crippen MR) is 76.5 cm³/mol. The van der Waals surface area contributed by atoms with Crippen molar-refractivity contribution in [2.45, 2.75) is 6.92 Å². The van der Waals surface area contributed by atoms with Crippen molar-refractivity contribution < 1.29 is 0 Å². The van der Waals surface area contributed by atoms with Gasteiger partial charge in [-0.05, 0) is 19.1 Å². The van der Waals surface area contributed by atoms with Gasteiger partial charge in [0.25, 0.3) is 0 Å². The summed E-state index contributed by atoms with van der Waals surface area (Å²) < 4.78 is 2.36. The van der Waals surface area contributed by atoms with Gasteiger partial charge in [-0.3, -0.25) is 0 Å². The van der Waals surface area contributed by atoms with Crippen molar-refractivity contribution >= 4 is 53.4 Å². The molecular formula is C11H12N4S2. The molecule has 17 heavy (non-hydrogen) atoms. The number of thiazole rings is 2. The van der Waals surface area contributed by atoms with Gasteiger partial charge in [0.05, 0.1) is 20.4 Å². The summed E-state index contributed by atoms with van der Waals surface area (Å²) in [5.74, 6) is 0. The maximum absolute atomic E-state index is 4.55. The van der Waals surface area contributed by atoms with Gasteiger partial charge in [-0.25, -0.2) is 9.97 Å². The van der Waals surface area contributed by atoms with Crippen LogP contribution in [0.4, 0.5) is 10.3 Å². The molecule has 2 aromatic heterocycles. The first-order valence-electron chi connectivity index (χ1n) is 5.43. The van der Waals surface area contributed by atoms with Crippen LogP contribution in [-0.2, 0) is 0 Å². The van der Waals surface area contributed by atoms with E-state index in [1.807, 2.05) is 7.05 Å². The molecule has 4 nitrogen and oxygen atoms in total. The average Bonchev–Trinajstić information content (AvgIpc) is 2.87. The highest BCUT2D eigenvalue weighted by Gasteiger charge is 2.08. The van der Waals surface area contributed by atoms with E-state index < -0.39 is 0 Å². The molecular weight excluding hydrogens is 252 g/mol. The molecule has 1 aromatic carbocycles. The number of hydrogen-bond acceptors (Lipinski definition) is 6. The summed E-state index contributed by atoms with van der Waals surface area (Å²) in [6.45, 7) is 2.97. The molecule has 88 valence electrons. The molecule has 0 amide bonds. The zero-order chi connectivity index (χ0) is 11.8. The molecule has 0 aliphatic carbocycles. The molecule has 0 saturated heterocycles. The van der Waals surface area contributed by atoms with Gasteiger partial charge < -0.3 is 10.6 Å². The van der Waals surface area contributed by atoms with Crippen LogP contribution < -0.4 is 10.6 Å². The number of anilines is 2. The summed E-state index contributed by atoms with van der Waals surface area (Å²) in [5, 5.41) is 8.25. The van der Waals surface area contributed by atoms with Gasteiger partial charge in [-0.2, -0.15) is 0 Å². The minimum atomic E-state index is 0.899. The van der Waals surface area contributed by atoms with E-state index in [0.717, 1.165) is 27.8 Å². The van der Waals surface area contributed by atoms with E-state index in [4.69, 9.17) is 0 Å². The largest absolute Gasteiger partial charge is 0.365 e. The molecule has 0 aliphatic rings. The third kappa shape index (κ3) is 1.83. The van der Waals surface area contributed by atoms with Gasteiger partial charge in [0.15, 0.2) is 10.3 Å². The number of hydrogen-bond donors (Lipinski definition) is 2. The first-order valence-corrected chi connectivity index (χ1v) is 7.06. The minimum absolute atomic E-state index is 0.899. The van der Waals surface area contributed by atoms with Crippen LogP contribution in [0.2, 0.25) is 0 Å². The average molecular weight is 264 g/mol. The third-order valence-corrected chi connectivity index (χ3v) is 4.45. The molecule has 0 unspecified atom stereocenters. The molecule has 3 rings (SSSR count). The number of nitrogens with zero attached hydrogens (tertiary/aromatic N) is 2. The van der Waals surface area contributed by atoms with E-state index >= 15 is 0 Å². The van der Waals surface area contributed by atoms with E-state index in [0.29, 0.717) is 0 Å². The second kappa shape index (κ2) is 4.12. The lowest BCUT2D eigenvalue weighted by Gasteiger charge is -1.92. The molecule has 0 aliphatic heterocycles. The summed E-state index contributed by atoms with van der Waals surface area (Å²) in [6, 6.07) is 4.22. The number of nitrogens with one attached hydrogen (secondary N) is 2. The molecule has 0 fully saturated rings. The normalized spacial score (nSPS) is 11.2. The first kappa shape index (κ1) is 10.7. The Bertz CT molecular complexity index is 620. The Morgan fingerprint density at radius 1 is 1.06 bits per heavy atom. The van der Waals surface area contributed by atoms with Crippen molar-refractivity contribution in [2.24, 2.45) is 0 Å². The predicted octanol–water partition coefficient (Wildman–Crippen LogP) is 3.38. The van der Waals surface area contributed by atoms with Crippen molar-refractivity contribution in [1.29, 1.82) is 0 Å². The van der Waals surface area contributed by atoms with Crippen LogP contribution in [0.1, 0.15) is 6.92 Å².